The maximum atomic E-state index is 11.9. The number of aliphatic hydroxyl groups excluding tert-OH is 1. The smallest absolute Gasteiger partial charge is 0.164 e. The molecule has 1 rings (SSSR count). The van der Waals surface area contributed by atoms with Gasteiger partial charge in [0.15, 0.2) is 5.78 Å². The minimum atomic E-state index is 0.137. The van der Waals surface area contributed by atoms with E-state index in [0.717, 1.165) is 5.56 Å². The highest BCUT2D eigenvalue weighted by Crippen LogP contribution is 2.05. The molecular weight excluding hydrogens is 214 g/mol. The third-order valence-electron chi connectivity index (χ3n) is 2.84. The number of benzene rings is 1. The van der Waals surface area contributed by atoms with Crippen molar-refractivity contribution in [2.75, 3.05) is 19.7 Å². The van der Waals surface area contributed by atoms with Crippen molar-refractivity contribution in [2.45, 2.75) is 26.3 Å². The van der Waals surface area contributed by atoms with Crippen molar-refractivity contribution in [1.82, 2.24) is 4.90 Å². The van der Waals surface area contributed by atoms with Gasteiger partial charge in [-0.15, -0.1) is 0 Å². The van der Waals surface area contributed by atoms with Gasteiger partial charge < -0.3 is 5.11 Å². The van der Waals surface area contributed by atoms with Crippen LogP contribution in [0.5, 0.6) is 0 Å². The molecule has 3 nitrogen and oxygen atoms in total. The van der Waals surface area contributed by atoms with E-state index in [9.17, 15) is 4.79 Å². The molecule has 0 aliphatic rings. The quantitative estimate of drug-likeness (QED) is 0.734. The van der Waals surface area contributed by atoms with E-state index in [2.05, 4.69) is 18.7 Å². The largest absolute Gasteiger partial charge is 0.395 e. The number of carbonyl (C=O) groups is 1. The lowest BCUT2D eigenvalue weighted by molar-refractivity contribution is 0.0944. The molecule has 0 bridgehead atoms. The normalized spacial score (nSPS) is 11.1. The highest BCUT2D eigenvalue weighted by Gasteiger charge is 2.11. The van der Waals surface area contributed by atoms with Crippen LogP contribution < -0.4 is 0 Å². The van der Waals surface area contributed by atoms with Crippen LogP contribution in [0.15, 0.2) is 30.3 Å². The molecule has 1 aromatic carbocycles. The van der Waals surface area contributed by atoms with E-state index >= 15 is 0 Å². The van der Waals surface area contributed by atoms with Crippen molar-refractivity contribution in [3.8, 4) is 0 Å². The first-order valence-electron chi connectivity index (χ1n) is 6.08. The Hall–Kier alpha value is -1.19. The molecule has 0 spiro atoms. The Kier molecular flexibility index (Phi) is 5.87. The van der Waals surface area contributed by atoms with E-state index < -0.39 is 0 Å². The molecular formula is C14H21NO2. The summed E-state index contributed by atoms with van der Waals surface area (Å²) in [6.07, 6.45) is 0.502. The lowest BCUT2D eigenvalue weighted by Crippen LogP contribution is -2.35. The van der Waals surface area contributed by atoms with Gasteiger partial charge in [-0.1, -0.05) is 30.3 Å². The zero-order valence-corrected chi connectivity index (χ0v) is 10.6. The van der Waals surface area contributed by atoms with Crippen molar-refractivity contribution in [3.63, 3.8) is 0 Å². The number of nitrogens with zero attached hydrogens (tertiary/aromatic N) is 1. The third kappa shape index (κ3) is 4.67. The molecule has 1 aromatic rings. The number of carbonyl (C=O) groups excluding carboxylic acids is 1. The SMILES string of the molecule is CC(C)N(CCO)CCC(=O)c1ccccc1. The van der Waals surface area contributed by atoms with Crippen molar-refractivity contribution >= 4 is 5.78 Å². The molecule has 0 fully saturated rings. The third-order valence-corrected chi connectivity index (χ3v) is 2.84. The lowest BCUT2D eigenvalue weighted by Gasteiger charge is -2.25. The predicted molar refractivity (Wildman–Crippen MR) is 69.2 cm³/mol. The Morgan fingerprint density at radius 3 is 2.41 bits per heavy atom. The second-order valence-corrected chi connectivity index (χ2v) is 4.39. The summed E-state index contributed by atoms with van der Waals surface area (Å²) < 4.78 is 0. The number of Topliss-reactive ketones (excluding diaryl/α,β-unsaturated/α-hetero) is 1. The summed E-state index contributed by atoms with van der Waals surface area (Å²) in [5.74, 6) is 0.161. The van der Waals surface area contributed by atoms with E-state index in [1.807, 2.05) is 30.3 Å². The Bertz CT molecular complexity index is 335. The molecule has 0 aliphatic heterocycles. The summed E-state index contributed by atoms with van der Waals surface area (Å²) in [6.45, 7) is 5.61. The Balaban J connectivity index is 2.47. The first-order chi connectivity index (χ1) is 8.15. The van der Waals surface area contributed by atoms with Crippen LogP contribution in [0.2, 0.25) is 0 Å². The molecule has 17 heavy (non-hydrogen) atoms. The summed E-state index contributed by atoms with van der Waals surface area (Å²) >= 11 is 0. The van der Waals surface area contributed by atoms with Gasteiger partial charge in [0.1, 0.15) is 0 Å². The van der Waals surface area contributed by atoms with Gasteiger partial charge in [-0.25, -0.2) is 0 Å². The molecule has 0 radical (unpaired) electrons. The average Bonchev–Trinajstić information content (AvgIpc) is 2.34. The summed E-state index contributed by atoms with van der Waals surface area (Å²) in [6, 6.07) is 9.69. The second-order valence-electron chi connectivity index (χ2n) is 4.39. The molecule has 0 heterocycles. The van der Waals surface area contributed by atoms with Crippen LogP contribution in [0.3, 0.4) is 0 Å². The van der Waals surface area contributed by atoms with E-state index in [1.54, 1.807) is 0 Å². The second kappa shape index (κ2) is 7.20. The van der Waals surface area contributed by atoms with Gasteiger partial charge in [-0.3, -0.25) is 9.69 Å². The topological polar surface area (TPSA) is 40.5 Å². The van der Waals surface area contributed by atoms with Gasteiger partial charge in [-0.05, 0) is 13.8 Å². The number of hydrogen-bond acceptors (Lipinski definition) is 3. The zero-order chi connectivity index (χ0) is 12.7. The molecule has 94 valence electrons. The van der Waals surface area contributed by atoms with Gasteiger partial charge in [0.05, 0.1) is 6.61 Å². The van der Waals surface area contributed by atoms with Gasteiger partial charge in [0, 0.05) is 31.1 Å². The molecule has 3 heteroatoms. The van der Waals surface area contributed by atoms with Crippen molar-refractivity contribution in [1.29, 1.82) is 0 Å². The fourth-order valence-corrected chi connectivity index (χ4v) is 1.77. The Morgan fingerprint density at radius 1 is 1.24 bits per heavy atom. The summed E-state index contributed by atoms with van der Waals surface area (Å²) in [7, 11) is 0. The molecule has 0 amide bonds. The fourth-order valence-electron chi connectivity index (χ4n) is 1.77. The summed E-state index contributed by atoms with van der Waals surface area (Å²) in [4.78, 5) is 14.0. The van der Waals surface area contributed by atoms with Crippen LogP contribution >= 0.6 is 0 Å². The van der Waals surface area contributed by atoms with Gasteiger partial charge >= 0.3 is 0 Å². The number of aliphatic hydroxyl groups is 1. The first-order valence-corrected chi connectivity index (χ1v) is 6.08. The number of rotatable bonds is 7. The number of hydrogen-bond donors (Lipinski definition) is 1. The van der Waals surface area contributed by atoms with Gasteiger partial charge in [-0.2, -0.15) is 0 Å². The minimum Gasteiger partial charge on any atom is -0.395 e. The van der Waals surface area contributed by atoms with E-state index in [-0.39, 0.29) is 12.4 Å². The Morgan fingerprint density at radius 2 is 1.88 bits per heavy atom. The first kappa shape index (κ1) is 13.9. The minimum absolute atomic E-state index is 0.137. The van der Waals surface area contributed by atoms with E-state index in [0.29, 0.717) is 25.6 Å². The molecule has 1 N–H and O–H groups in total. The summed E-state index contributed by atoms with van der Waals surface area (Å²) in [5, 5.41) is 8.94. The standard InChI is InChI=1S/C14H21NO2/c1-12(2)15(10-11-16)9-8-14(17)13-6-4-3-5-7-13/h3-7,12,16H,8-11H2,1-2H3. The van der Waals surface area contributed by atoms with Crippen molar-refractivity contribution in [3.05, 3.63) is 35.9 Å². The molecule has 0 aromatic heterocycles. The van der Waals surface area contributed by atoms with Crippen LogP contribution in [0.25, 0.3) is 0 Å². The monoisotopic (exact) mass is 235 g/mol. The van der Waals surface area contributed by atoms with Crippen LogP contribution in [0, 0.1) is 0 Å². The molecule has 0 aliphatic carbocycles. The maximum absolute atomic E-state index is 11.9. The van der Waals surface area contributed by atoms with Crippen LogP contribution in [-0.2, 0) is 0 Å². The van der Waals surface area contributed by atoms with Crippen LogP contribution in [-0.4, -0.2) is 41.5 Å². The average molecular weight is 235 g/mol. The molecule has 0 saturated carbocycles. The molecule has 0 atom stereocenters. The van der Waals surface area contributed by atoms with Gasteiger partial charge in [0.2, 0.25) is 0 Å². The maximum Gasteiger partial charge on any atom is 0.164 e. The molecule has 0 unspecified atom stereocenters. The highest BCUT2D eigenvalue weighted by atomic mass is 16.3. The van der Waals surface area contributed by atoms with Crippen molar-refractivity contribution < 1.29 is 9.90 Å². The molecule has 0 saturated heterocycles. The highest BCUT2D eigenvalue weighted by molar-refractivity contribution is 5.96. The van der Waals surface area contributed by atoms with Crippen LogP contribution in [0.1, 0.15) is 30.6 Å². The number of ketones is 1. The Labute approximate surface area is 103 Å². The predicted octanol–water partition coefficient (Wildman–Crippen LogP) is 1.96. The zero-order valence-electron chi connectivity index (χ0n) is 10.6. The van der Waals surface area contributed by atoms with Crippen LogP contribution in [0.4, 0.5) is 0 Å². The van der Waals surface area contributed by atoms with E-state index in [1.165, 1.54) is 0 Å². The lowest BCUT2D eigenvalue weighted by atomic mass is 10.1. The fraction of sp³-hybridized carbons (Fsp3) is 0.500. The van der Waals surface area contributed by atoms with E-state index in [4.69, 9.17) is 5.11 Å². The van der Waals surface area contributed by atoms with Gasteiger partial charge in [0.25, 0.3) is 0 Å². The summed E-state index contributed by atoms with van der Waals surface area (Å²) in [5.41, 5.74) is 0.764. The van der Waals surface area contributed by atoms with Crippen molar-refractivity contribution in [2.24, 2.45) is 0 Å².